The number of ether oxygens (including phenoxy) is 1. The standard InChI is InChI=1S/C35H32N2O4/c1-22(33-10-7-19-40-33)24-11-13-26(14-12-24)35(39)28-16-18-32-30(21-28)29-20-27(15-17-31(29)37(32)3)34(36-41-23(2)38)25-8-5-4-6-9-25/h4-6,8-9,11-18,20-22,33H,7,10,19H2,1-3H3/b36-34+. The van der Waals surface area contributed by atoms with E-state index in [4.69, 9.17) is 9.57 Å². The summed E-state index contributed by atoms with van der Waals surface area (Å²) >= 11 is 0. The maximum Gasteiger partial charge on any atom is 0.332 e. The Morgan fingerprint density at radius 3 is 2.12 bits per heavy atom. The third-order valence-electron chi connectivity index (χ3n) is 8.08. The third kappa shape index (κ3) is 5.19. The number of oxime groups is 1. The van der Waals surface area contributed by atoms with E-state index in [0.717, 1.165) is 52.4 Å². The first-order valence-electron chi connectivity index (χ1n) is 14.0. The van der Waals surface area contributed by atoms with Crippen molar-refractivity contribution in [1.82, 2.24) is 4.57 Å². The first kappa shape index (κ1) is 26.7. The summed E-state index contributed by atoms with van der Waals surface area (Å²) in [6, 6.07) is 29.5. The molecule has 206 valence electrons. The molecule has 0 amide bonds. The van der Waals surface area contributed by atoms with Crippen molar-refractivity contribution in [2.45, 2.75) is 38.7 Å². The van der Waals surface area contributed by atoms with Crippen LogP contribution in [0.25, 0.3) is 21.8 Å². The third-order valence-corrected chi connectivity index (χ3v) is 8.08. The van der Waals surface area contributed by atoms with Crippen LogP contribution >= 0.6 is 0 Å². The van der Waals surface area contributed by atoms with Crippen molar-refractivity contribution in [3.05, 3.63) is 119 Å². The van der Waals surface area contributed by atoms with Crippen molar-refractivity contribution in [3.8, 4) is 0 Å². The van der Waals surface area contributed by atoms with Crippen LogP contribution in [0.1, 0.15) is 65.2 Å². The highest BCUT2D eigenvalue weighted by Crippen LogP contribution is 2.32. The number of aromatic nitrogens is 1. The highest BCUT2D eigenvalue weighted by atomic mass is 16.7. The molecule has 41 heavy (non-hydrogen) atoms. The highest BCUT2D eigenvalue weighted by Gasteiger charge is 2.24. The van der Waals surface area contributed by atoms with E-state index in [1.54, 1.807) is 0 Å². The molecule has 6 rings (SSSR count). The number of aryl methyl sites for hydroxylation is 1. The molecule has 2 atom stereocenters. The first-order valence-corrected chi connectivity index (χ1v) is 14.0. The van der Waals surface area contributed by atoms with E-state index in [9.17, 15) is 9.59 Å². The molecule has 6 nitrogen and oxygen atoms in total. The molecule has 1 saturated heterocycles. The summed E-state index contributed by atoms with van der Waals surface area (Å²) < 4.78 is 7.99. The van der Waals surface area contributed by atoms with Gasteiger partial charge in [-0.15, -0.1) is 0 Å². The minimum atomic E-state index is -0.484. The highest BCUT2D eigenvalue weighted by molar-refractivity contribution is 6.18. The molecule has 1 aromatic heterocycles. The van der Waals surface area contributed by atoms with Crippen LogP contribution in [-0.4, -0.2) is 34.7 Å². The molecule has 1 aliphatic rings. The van der Waals surface area contributed by atoms with Crippen LogP contribution in [0.2, 0.25) is 0 Å². The summed E-state index contributed by atoms with van der Waals surface area (Å²) in [5, 5.41) is 6.14. The van der Waals surface area contributed by atoms with Crippen molar-refractivity contribution >= 4 is 39.3 Å². The SMILES string of the molecule is CC(=O)O/N=C(\c1ccccc1)c1ccc2c(c1)c1cc(C(=O)c3ccc(C(C)C4CCCO4)cc3)ccc1n2C. The molecule has 1 aliphatic heterocycles. The summed E-state index contributed by atoms with van der Waals surface area (Å²) in [4.78, 5) is 30.2. The Morgan fingerprint density at radius 1 is 0.854 bits per heavy atom. The number of fused-ring (bicyclic) bond motifs is 3. The Bertz CT molecular complexity index is 1780. The topological polar surface area (TPSA) is 69.9 Å². The van der Waals surface area contributed by atoms with Crippen molar-refractivity contribution in [2.75, 3.05) is 6.61 Å². The average Bonchev–Trinajstić information content (AvgIpc) is 3.64. The van der Waals surface area contributed by atoms with Gasteiger partial charge in [0, 0.05) is 70.6 Å². The minimum Gasteiger partial charge on any atom is -0.378 e. The first-order chi connectivity index (χ1) is 19.9. The van der Waals surface area contributed by atoms with Crippen molar-refractivity contribution in [1.29, 1.82) is 0 Å². The molecule has 0 radical (unpaired) electrons. The summed E-state index contributed by atoms with van der Waals surface area (Å²) in [5.74, 6) is -0.201. The number of carbonyl (C=O) groups is 2. The zero-order valence-electron chi connectivity index (χ0n) is 23.5. The molecule has 4 aromatic carbocycles. The lowest BCUT2D eigenvalue weighted by Crippen LogP contribution is -2.14. The molecule has 0 aliphatic carbocycles. The number of ketones is 1. The van der Waals surface area contributed by atoms with E-state index in [0.29, 0.717) is 22.8 Å². The lowest BCUT2D eigenvalue weighted by Gasteiger charge is -2.19. The van der Waals surface area contributed by atoms with Gasteiger partial charge in [0.15, 0.2) is 5.78 Å². The van der Waals surface area contributed by atoms with Crippen molar-refractivity contribution in [3.63, 3.8) is 0 Å². The van der Waals surface area contributed by atoms with Crippen molar-refractivity contribution < 1.29 is 19.2 Å². The van der Waals surface area contributed by atoms with E-state index in [2.05, 4.69) is 28.8 Å². The quantitative estimate of drug-likeness (QED) is 0.0943. The molecule has 2 unspecified atom stereocenters. The van der Waals surface area contributed by atoms with Crippen LogP contribution in [0, 0.1) is 0 Å². The van der Waals surface area contributed by atoms with Gasteiger partial charge < -0.3 is 14.1 Å². The Balaban J connectivity index is 1.37. The van der Waals surface area contributed by atoms with E-state index < -0.39 is 5.97 Å². The van der Waals surface area contributed by atoms with E-state index in [1.807, 2.05) is 85.9 Å². The van der Waals surface area contributed by atoms with Gasteiger partial charge in [-0.05, 0) is 48.7 Å². The molecule has 0 N–H and O–H groups in total. The fourth-order valence-corrected chi connectivity index (χ4v) is 5.80. The van der Waals surface area contributed by atoms with Gasteiger partial charge in [0.05, 0.1) is 6.10 Å². The Kier molecular flexibility index (Phi) is 7.25. The molecular weight excluding hydrogens is 512 g/mol. The molecule has 0 spiro atoms. The smallest absolute Gasteiger partial charge is 0.332 e. The monoisotopic (exact) mass is 544 g/mol. The van der Waals surface area contributed by atoms with Gasteiger partial charge in [-0.2, -0.15) is 0 Å². The number of hydrogen-bond acceptors (Lipinski definition) is 5. The van der Waals surface area contributed by atoms with Gasteiger partial charge in [0.2, 0.25) is 0 Å². The Hall–Kier alpha value is -4.55. The van der Waals surface area contributed by atoms with Gasteiger partial charge in [0.1, 0.15) is 5.71 Å². The lowest BCUT2D eigenvalue weighted by atomic mass is 9.92. The van der Waals surface area contributed by atoms with Crippen LogP contribution < -0.4 is 0 Å². The van der Waals surface area contributed by atoms with Crippen LogP contribution in [-0.2, 0) is 21.4 Å². The largest absolute Gasteiger partial charge is 0.378 e. The predicted molar refractivity (Wildman–Crippen MR) is 162 cm³/mol. The second kappa shape index (κ2) is 11.1. The second-order valence-electron chi connectivity index (χ2n) is 10.7. The van der Waals surface area contributed by atoms with E-state index in [1.165, 1.54) is 12.5 Å². The predicted octanol–water partition coefficient (Wildman–Crippen LogP) is 7.16. The maximum absolute atomic E-state index is 13.6. The van der Waals surface area contributed by atoms with Gasteiger partial charge >= 0.3 is 5.97 Å². The molecule has 5 aromatic rings. The summed E-state index contributed by atoms with van der Waals surface area (Å²) in [6.07, 6.45) is 2.43. The Morgan fingerprint density at radius 2 is 1.49 bits per heavy atom. The molecular formula is C35H32N2O4. The average molecular weight is 545 g/mol. The molecule has 0 bridgehead atoms. The molecule has 6 heteroatoms. The number of rotatable bonds is 7. The normalized spacial score (nSPS) is 16.3. The Labute approximate surface area is 239 Å². The zero-order chi connectivity index (χ0) is 28.5. The fourth-order valence-electron chi connectivity index (χ4n) is 5.80. The zero-order valence-corrected chi connectivity index (χ0v) is 23.5. The molecule has 0 saturated carbocycles. The number of nitrogens with zero attached hydrogens (tertiary/aromatic N) is 2. The lowest BCUT2D eigenvalue weighted by molar-refractivity contribution is -0.140. The van der Waals surface area contributed by atoms with Gasteiger partial charge in [0.25, 0.3) is 0 Å². The van der Waals surface area contributed by atoms with E-state index in [-0.39, 0.29) is 11.9 Å². The number of benzene rings is 4. The van der Waals surface area contributed by atoms with Crippen LogP contribution in [0.4, 0.5) is 0 Å². The number of hydrogen-bond donors (Lipinski definition) is 0. The fraction of sp³-hybridized carbons (Fsp3) is 0.229. The van der Waals surface area contributed by atoms with Crippen LogP contribution in [0.15, 0.2) is 96.2 Å². The maximum atomic E-state index is 13.6. The van der Waals surface area contributed by atoms with Crippen molar-refractivity contribution in [2.24, 2.45) is 12.2 Å². The second-order valence-corrected chi connectivity index (χ2v) is 10.7. The number of carbonyl (C=O) groups excluding carboxylic acids is 2. The van der Waals surface area contributed by atoms with Gasteiger partial charge in [-0.3, -0.25) is 4.79 Å². The summed E-state index contributed by atoms with van der Waals surface area (Å²) in [7, 11) is 2.02. The molecule has 1 fully saturated rings. The van der Waals surface area contributed by atoms with Crippen LogP contribution in [0.5, 0.6) is 0 Å². The van der Waals surface area contributed by atoms with Crippen LogP contribution in [0.3, 0.4) is 0 Å². The summed E-state index contributed by atoms with van der Waals surface area (Å²) in [5.41, 5.74) is 6.74. The summed E-state index contributed by atoms with van der Waals surface area (Å²) in [6.45, 7) is 4.35. The molecule has 2 heterocycles. The van der Waals surface area contributed by atoms with Gasteiger partial charge in [-0.25, -0.2) is 4.79 Å². The van der Waals surface area contributed by atoms with Gasteiger partial charge in [-0.1, -0.05) is 72.7 Å². The van der Waals surface area contributed by atoms with E-state index >= 15 is 0 Å². The minimum absolute atomic E-state index is 0.0160.